The Labute approximate surface area is 435 Å². The van der Waals surface area contributed by atoms with Gasteiger partial charge in [-0.1, -0.05) is 59.7 Å². The van der Waals surface area contributed by atoms with Crippen molar-refractivity contribution in [1.82, 2.24) is 20.1 Å². The lowest BCUT2D eigenvalue weighted by atomic mass is 9.82. The number of aliphatic hydroxyl groups excluding tert-OH is 1. The molecule has 0 saturated heterocycles. The molecular weight excluding hydrogens is 945 g/mol. The number of carbonyl (C=O) groups is 3. The number of hydrogen-bond donors (Lipinski definition) is 4. The fraction of sp³-hybridized carbons (Fsp3) is 0.367. The Bertz CT molecular complexity index is 3420. The second-order valence-corrected chi connectivity index (χ2v) is 20.4. The van der Waals surface area contributed by atoms with Gasteiger partial charge in [0.2, 0.25) is 11.3 Å². The van der Waals surface area contributed by atoms with Gasteiger partial charge in [-0.25, -0.2) is 9.37 Å². The number of fused-ring (bicyclic) bond motifs is 5. The first-order chi connectivity index (χ1) is 36.7. The third kappa shape index (κ3) is 10.3. The van der Waals surface area contributed by atoms with Crippen molar-refractivity contribution in [1.29, 1.82) is 0 Å². The van der Waals surface area contributed by atoms with Gasteiger partial charge in [0, 0.05) is 120 Å². The highest BCUT2D eigenvalue weighted by atomic mass is 16.5. The van der Waals surface area contributed by atoms with Gasteiger partial charge in [-0.2, -0.15) is 0 Å². The van der Waals surface area contributed by atoms with Crippen molar-refractivity contribution in [2.75, 3.05) is 63.9 Å². The van der Waals surface area contributed by atoms with Crippen LogP contribution in [0, 0.1) is 0 Å². The van der Waals surface area contributed by atoms with Crippen LogP contribution in [0.2, 0.25) is 0 Å². The molecular formula is C60H63N8O7+. The number of anilines is 1. The third-order valence-electron chi connectivity index (χ3n) is 15.5. The largest absolute Gasteiger partial charge is 0.490 e. The minimum Gasteiger partial charge on any atom is -0.490 e. The highest BCUT2D eigenvalue weighted by molar-refractivity contribution is 6.03. The molecule has 2 amide bonds. The lowest BCUT2D eigenvalue weighted by Crippen LogP contribution is -2.41. The molecule has 384 valence electrons. The van der Waals surface area contributed by atoms with Crippen LogP contribution in [0.15, 0.2) is 102 Å². The Morgan fingerprint density at radius 3 is 2.53 bits per heavy atom. The maximum Gasteiger partial charge on any atom is 0.336 e. The van der Waals surface area contributed by atoms with Gasteiger partial charge < -0.3 is 40.1 Å². The van der Waals surface area contributed by atoms with Gasteiger partial charge in [-0.05, 0) is 121 Å². The fourth-order valence-corrected chi connectivity index (χ4v) is 12.1. The molecule has 15 nitrogen and oxygen atoms in total. The normalized spacial score (nSPS) is 15.7. The number of nitrogens with one attached hydrogen (secondary N) is 2. The van der Waals surface area contributed by atoms with Crippen molar-refractivity contribution < 1.29 is 34.1 Å². The Morgan fingerprint density at radius 2 is 1.64 bits per heavy atom. The van der Waals surface area contributed by atoms with Gasteiger partial charge in [0.05, 0.1) is 11.1 Å². The lowest BCUT2D eigenvalue weighted by Gasteiger charge is -2.35. The minimum atomic E-state index is -1.08. The van der Waals surface area contributed by atoms with Crippen LogP contribution in [0.5, 0.6) is 17.2 Å². The summed E-state index contributed by atoms with van der Waals surface area (Å²) in [6, 6.07) is 30.1. The van der Waals surface area contributed by atoms with E-state index >= 15 is 0 Å². The molecule has 5 aliphatic rings. The summed E-state index contributed by atoms with van der Waals surface area (Å²) >= 11 is 0. The van der Waals surface area contributed by atoms with Gasteiger partial charge in [0.1, 0.15) is 43.0 Å². The van der Waals surface area contributed by atoms with Crippen LogP contribution in [0.25, 0.3) is 26.8 Å². The number of amides is 2. The van der Waals surface area contributed by atoms with E-state index in [2.05, 4.69) is 42.3 Å². The maximum atomic E-state index is 14.4. The van der Waals surface area contributed by atoms with Crippen molar-refractivity contribution >= 4 is 45.5 Å². The van der Waals surface area contributed by atoms with E-state index in [0.29, 0.717) is 22.6 Å². The number of carboxylic acid groups (broad SMARTS) is 1. The molecule has 4 N–H and O–H groups in total. The van der Waals surface area contributed by atoms with E-state index in [-0.39, 0.29) is 57.2 Å². The molecule has 5 heterocycles. The van der Waals surface area contributed by atoms with Crippen molar-refractivity contribution in [2.45, 2.75) is 83.3 Å². The summed E-state index contributed by atoms with van der Waals surface area (Å²) in [5.74, 6) is 0.631. The Hall–Kier alpha value is -7.71. The summed E-state index contributed by atoms with van der Waals surface area (Å²) in [7, 11) is 0. The molecule has 0 fully saturated rings. The molecule has 15 heteroatoms. The first-order valence-corrected chi connectivity index (χ1v) is 26.7. The third-order valence-corrected chi connectivity index (χ3v) is 15.5. The molecule has 0 aromatic heterocycles. The van der Waals surface area contributed by atoms with Crippen molar-refractivity contribution in [3.8, 4) is 17.2 Å². The van der Waals surface area contributed by atoms with E-state index < -0.39 is 18.0 Å². The van der Waals surface area contributed by atoms with Gasteiger partial charge >= 0.3 is 5.97 Å². The van der Waals surface area contributed by atoms with Crippen LogP contribution >= 0.6 is 0 Å². The van der Waals surface area contributed by atoms with Crippen LogP contribution in [-0.2, 0) is 37.0 Å². The number of aryl methyl sites for hydroxylation is 2. The Kier molecular flexibility index (Phi) is 14.5. The molecule has 6 aromatic rings. The molecule has 0 spiro atoms. The van der Waals surface area contributed by atoms with E-state index in [0.717, 1.165) is 135 Å². The monoisotopic (exact) mass is 1010 g/mol. The standard InChI is InChI=1S/C60H62N8O7/c61-65-64-43-16-7-11-38(31-43)36-68(53(70)23-24-62-35-44(69)37-74-52-20-8-15-39-12-1-2-17-45(39)52)30-25-63-59(71)42-21-22-46(60(72)73)49(34-42)54-50-32-40-13-3-5-26-66-28-9-18-47(55(40)66)57(50)75-58-48-19-10-29-67-27-6-4-14-41(56(48)67)33-51(54)58/h1-2,7-8,11-12,15-17,20-22,31-34,44,62,69H,3-6,9-10,13-14,18-19,23-30,35-37H2,(H-,63,71,72,73)/p+1/t44-/m0/s1. The van der Waals surface area contributed by atoms with Crippen molar-refractivity contribution in [3.63, 3.8) is 0 Å². The smallest absolute Gasteiger partial charge is 0.336 e. The van der Waals surface area contributed by atoms with Crippen molar-refractivity contribution in [3.05, 3.63) is 168 Å². The van der Waals surface area contributed by atoms with Crippen LogP contribution in [0.3, 0.4) is 0 Å². The number of carbonyl (C=O) groups excluding carboxylic acids is 2. The predicted molar refractivity (Wildman–Crippen MR) is 289 cm³/mol. The first-order valence-electron chi connectivity index (χ1n) is 26.7. The number of hydrogen-bond acceptors (Lipinski definition) is 9. The summed E-state index contributed by atoms with van der Waals surface area (Å²) in [5, 5.41) is 35.9. The highest BCUT2D eigenvalue weighted by Crippen LogP contribution is 2.48. The lowest BCUT2D eigenvalue weighted by molar-refractivity contribution is -0.131. The number of carboxylic acids is 1. The molecule has 1 atom stereocenters. The van der Waals surface area contributed by atoms with Crippen molar-refractivity contribution in [2.24, 2.45) is 5.11 Å². The number of benzene rings is 6. The molecule has 0 unspecified atom stereocenters. The number of azide groups is 1. The quantitative estimate of drug-likeness (QED) is 0.0231. The summed E-state index contributed by atoms with van der Waals surface area (Å²) in [6.07, 6.45) is 9.21. The second kappa shape index (κ2) is 22.0. The first kappa shape index (κ1) is 49.5. The van der Waals surface area contributed by atoms with E-state index in [4.69, 9.17) is 15.0 Å². The summed E-state index contributed by atoms with van der Waals surface area (Å²) in [5.41, 5.74) is 19.0. The predicted octanol–water partition coefficient (Wildman–Crippen LogP) is 7.87. The molecule has 0 aliphatic carbocycles. The zero-order valence-electron chi connectivity index (χ0n) is 42.3. The zero-order chi connectivity index (χ0) is 51.4. The molecule has 0 radical (unpaired) electrons. The molecule has 11 rings (SSSR count). The number of aliphatic hydroxyl groups is 1. The SMILES string of the molecule is [N-]=[N+]=Nc1cccc(CN(CCNC(=O)c2ccc(C(=O)O)c(C3=c4cc5c6c(c4Oc4c3cc3c7c4CCCN7CCCC3)CCC[N+]=6CCCC5)c2)C(=O)CCNC[C@H](O)COc2cccc3ccccc23)c1. The van der Waals surface area contributed by atoms with Crippen LogP contribution in [-0.4, -0.2) is 98.0 Å². The number of nitrogens with zero attached hydrogens (tertiary/aromatic N) is 6. The highest BCUT2D eigenvalue weighted by Gasteiger charge is 2.36. The number of aromatic carboxylic acids is 1. The van der Waals surface area contributed by atoms with E-state index in [9.17, 15) is 24.6 Å². The molecule has 75 heavy (non-hydrogen) atoms. The van der Waals surface area contributed by atoms with Gasteiger partial charge in [0.15, 0.2) is 0 Å². The van der Waals surface area contributed by atoms with E-state index in [1.165, 1.54) is 33.3 Å². The fourth-order valence-electron chi connectivity index (χ4n) is 12.1. The van der Waals surface area contributed by atoms with E-state index in [1.54, 1.807) is 41.3 Å². The Balaban J connectivity index is 0.863. The molecule has 0 saturated carbocycles. The number of rotatable bonds is 17. The van der Waals surface area contributed by atoms with Crippen LogP contribution in [0.1, 0.15) is 105 Å². The molecule has 5 aliphatic heterocycles. The number of ether oxygens (including phenoxy) is 2. The maximum absolute atomic E-state index is 14.4. The minimum absolute atomic E-state index is 0.0697. The van der Waals surface area contributed by atoms with Gasteiger partial charge in [-0.3, -0.25) is 9.59 Å². The van der Waals surface area contributed by atoms with Gasteiger partial charge in [-0.15, -0.1) is 0 Å². The molecule has 6 aromatic carbocycles. The van der Waals surface area contributed by atoms with E-state index in [1.807, 2.05) is 48.5 Å². The Morgan fingerprint density at radius 1 is 0.827 bits per heavy atom. The average molecular weight is 1010 g/mol. The van der Waals surface area contributed by atoms with Crippen LogP contribution in [0.4, 0.5) is 11.4 Å². The zero-order valence-corrected chi connectivity index (χ0v) is 42.3. The summed E-state index contributed by atoms with van der Waals surface area (Å²) in [4.78, 5) is 48.9. The summed E-state index contributed by atoms with van der Waals surface area (Å²) < 4.78 is 15.8. The second-order valence-electron chi connectivity index (χ2n) is 20.4. The topological polar surface area (TPSA) is 192 Å². The average Bonchev–Trinajstić information content (AvgIpc) is 3.81. The summed E-state index contributed by atoms with van der Waals surface area (Å²) in [6.45, 7) is 5.02. The van der Waals surface area contributed by atoms with Crippen LogP contribution < -0.4 is 40.2 Å². The van der Waals surface area contributed by atoms with Gasteiger partial charge in [0.25, 0.3) is 5.91 Å². The molecule has 0 bridgehead atoms.